The summed E-state index contributed by atoms with van der Waals surface area (Å²) in [4.78, 5) is 0. The van der Waals surface area contributed by atoms with Gasteiger partial charge in [0.1, 0.15) is 12.2 Å². The molecular formula is C5H9FO4. The Labute approximate surface area is 56.9 Å². The monoisotopic (exact) mass is 152 g/mol. The molecule has 4 nitrogen and oxygen atoms in total. The lowest BCUT2D eigenvalue weighted by molar-refractivity contribution is -0.233. The Kier molecular flexibility index (Phi) is 2.20. The molecular weight excluding hydrogens is 143 g/mol. The Hall–Kier alpha value is -0.230. The number of aliphatic hydroxyl groups is 3. The summed E-state index contributed by atoms with van der Waals surface area (Å²) in [6.07, 6.45) is -6.30. The molecule has 0 aromatic carbocycles. The first kappa shape index (κ1) is 7.87. The fourth-order valence-electron chi connectivity index (χ4n) is 0.769. The van der Waals surface area contributed by atoms with E-state index in [0.29, 0.717) is 0 Å². The highest BCUT2D eigenvalue weighted by Gasteiger charge is 2.37. The zero-order chi connectivity index (χ0) is 7.72. The maximum absolute atomic E-state index is 12.4. The second kappa shape index (κ2) is 2.79. The summed E-state index contributed by atoms with van der Waals surface area (Å²) in [6.45, 7) is -0.233. The van der Waals surface area contributed by atoms with E-state index in [2.05, 4.69) is 4.74 Å². The van der Waals surface area contributed by atoms with Crippen LogP contribution in [0.1, 0.15) is 0 Å². The van der Waals surface area contributed by atoms with Crippen LogP contribution in [0, 0.1) is 0 Å². The summed E-state index contributed by atoms with van der Waals surface area (Å²) < 4.78 is 16.8. The van der Waals surface area contributed by atoms with Crippen LogP contribution in [0.4, 0.5) is 4.39 Å². The highest BCUT2D eigenvalue weighted by Crippen LogP contribution is 2.16. The topological polar surface area (TPSA) is 69.9 Å². The summed E-state index contributed by atoms with van der Waals surface area (Å²) >= 11 is 0. The number of rotatable bonds is 0. The van der Waals surface area contributed by atoms with Gasteiger partial charge >= 0.3 is 0 Å². The minimum Gasteiger partial charge on any atom is -0.388 e. The smallest absolute Gasteiger partial charge is 0.189 e. The minimum absolute atomic E-state index is 0.233. The molecule has 1 fully saturated rings. The van der Waals surface area contributed by atoms with Crippen molar-refractivity contribution in [1.29, 1.82) is 0 Å². The molecule has 0 saturated carbocycles. The van der Waals surface area contributed by atoms with E-state index in [1.807, 2.05) is 0 Å². The zero-order valence-electron chi connectivity index (χ0n) is 5.14. The summed E-state index contributed by atoms with van der Waals surface area (Å²) in [5, 5.41) is 26.1. The SMILES string of the molecule is O[C@H]1[C@H](F)[C@@H](O)OC[C@H]1O. The van der Waals surface area contributed by atoms with Crippen molar-refractivity contribution in [3.05, 3.63) is 0 Å². The van der Waals surface area contributed by atoms with E-state index in [1.165, 1.54) is 0 Å². The van der Waals surface area contributed by atoms with Crippen molar-refractivity contribution < 1.29 is 24.4 Å². The Bertz CT molecular complexity index is 106. The van der Waals surface area contributed by atoms with Crippen molar-refractivity contribution in [2.45, 2.75) is 24.7 Å². The molecule has 10 heavy (non-hydrogen) atoms. The lowest BCUT2D eigenvalue weighted by Gasteiger charge is -2.30. The van der Waals surface area contributed by atoms with Gasteiger partial charge in [-0.1, -0.05) is 0 Å². The third-order valence-electron chi connectivity index (χ3n) is 1.43. The molecule has 0 aromatic heterocycles. The molecule has 1 rings (SSSR count). The van der Waals surface area contributed by atoms with Gasteiger partial charge in [0.2, 0.25) is 0 Å². The molecule has 0 amide bonds. The van der Waals surface area contributed by atoms with Gasteiger partial charge in [0.05, 0.1) is 6.61 Å². The molecule has 1 aliphatic heterocycles. The second-order valence-electron chi connectivity index (χ2n) is 2.23. The van der Waals surface area contributed by atoms with E-state index in [4.69, 9.17) is 15.3 Å². The van der Waals surface area contributed by atoms with E-state index in [9.17, 15) is 4.39 Å². The van der Waals surface area contributed by atoms with Crippen LogP contribution in [0.2, 0.25) is 0 Å². The van der Waals surface area contributed by atoms with Crippen LogP contribution in [-0.4, -0.2) is 46.6 Å². The van der Waals surface area contributed by atoms with Crippen molar-refractivity contribution in [1.82, 2.24) is 0 Å². The highest BCUT2D eigenvalue weighted by molar-refractivity contribution is 4.81. The fraction of sp³-hybridized carbons (Fsp3) is 1.00. The number of ether oxygens (including phenoxy) is 1. The number of hydrogen-bond acceptors (Lipinski definition) is 4. The van der Waals surface area contributed by atoms with Crippen molar-refractivity contribution in [3.63, 3.8) is 0 Å². The van der Waals surface area contributed by atoms with E-state index in [1.54, 1.807) is 0 Å². The third-order valence-corrected chi connectivity index (χ3v) is 1.43. The number of alkyl halides is 1. The van der Waals surface area contributed by atoms with Crippen molar-refractivity contribution >= 4 is 0 Å². The van der Waals surface area contributed by atoms with E-state index in [-0.39, 0.29) is 6.61 Å². The van der Waals surface area contributed by atoms with Gasteiger partial charge in [-0.05, 0) is 0 Å². The van der Waals surface area contributed by atoms with E-state index in [0.717, 1.165) is 0 Å². The predicted molar refractivity (Wildman–Crippen MR) is 28.9 cm³/mol. The quantitative estimate of drug-likeness (QED) is 0.391. The average molecular weight is 152 g/mol. The molecule has 1 aliphatic rings. The molecule has 0 spiro atoms. The fourth-order valence-corrected chi connectivity index (χ4v) is 0.769. The zero-order valence-corrected chi connectivity index (χ0v) is 5.14. The Balaban J connectivity index is 2.52. The highest BCUT2D eigenvalue weighted by atomic mass is 19.1. The van der Waals surface area contributed by atoms with Crippen LogP contribution in [0.3, 0.4) is 0 Å². The van der Waals surface area contributed by atoms with Crippen LogP contribution < -0.4 is 0 Å². The summed E-state index contributed by atoms with van der Waals surface area (Å²) in [5.41, 5.74) is 0. The number of aliphatic hydroxyl groups excluding tert-OH is 3. The van der Waals surface area contributed by atoms with Gasteiger partial charge in [0.15, 0.2) is 12.5 Å². The van der Waals surface area contributed by atoms with Crippen LogP contribution in [0.25, 0.3) is 0 Å². The average Bonchev–Trinajstić information content (AvgIpc) is 1.93. The lowest BCUT2D eigenvalue weighted by Crippen LogP contribution is -2.50. The van der Waals surface area contributed by atoms with E-state index >= 15 is 0 Å². The minimum atomic E-state index is -1.91. The summed E-state index contributed by atoms with van der Waals surface area (Å²) in [5.74, 6) is 0. The summed E-state index contributed by atoms with van der Waals surface area (Å²) in [6, 6.07) is 0. The van der Waals surface area contributed by atoms with Crippen molar-refractivity contribution in [3.8, 4) is 0 Å². The molecule has 0 unspecified atom stereocenters. The Morgan fingerprint density at radius 1 is 1.30 bits per heavy atom. The van der Waals surface area contributed by atoms with Gasteiger partial charge in [-0.3, -0.25) is 0 Å². The maximum atomic E-state index is 12.4. The maximum Gasteiger partial charge on any atom is 0.189 e. The van der Waals surface area contributed by atoms with Crippen molar-refractivity contribution in [2.75, 3.05) is 6.61 Å². The van der Waals surface area contributed by atoms with Crippen molar-refractivity contribution in [2.24, 2.45) is 0 Å². The van der Waals surface area contributed by atoms with E-state index < -0.39 is 24.7 Å². The van der Waals surface area contributed by atoms with Crippen LogP contribution in [-0.2, 0) is 4.74 Å². The van der Waals surface area contributed by atoms with Gasteiger partial charge in [0, 0.05) is 0 Å². The number of hydrogen-bond donors (Lipinski definition) is 3. The molecule has 0 aromatic rings. The molecule has 1 saturated heterocycles. The molecule has 0 bridgehead atoms. The molecule has 1 heterocycles. The van der Waals surface area contributed by atoms with Gasteiger partial charge in [0.25, 0.3) is 0 Å². The Morgan fingerprint density at radius 2 is 1.90 bits per heavy atom. The standard InChI is InChI=1S/C5H9FO4/c6-3-4(8)2(7)1-10-5(3)9/h2-5,7-9H,1H2/t2-,3+,4-,5+/m1/s1. The second-order valence-corrected chi connectivity index (χ2v) is 2.23. The Morgan fingerprint density at radius 3 is 2.40 bits per heavy atom. The molecule has 4 atom stereocenters. The molecule has 0 aliphatic carbocycles. The molecule has 5 heteroatoms. The van der Waals surface area contributed by atoms with Crippen LogP contribution >= 0.6 is 0 Å². The first-order valence-corrected chi connectivity index (χ1v) is 2.93. The first-order chi connectivity index (χ1) is 4.63. The first-order valence-electron chi connectivity index (χ1n) is 2.93. The van der Waals surface area contributed by atoms with Gasteiger partial charge in [-0.25, -0.2) is 4.39 Å². The number of halogens is 1. The molecule has 0 radical (unpaired) electrons. The molecule has 60 valence electrons. The van der Waals surface area contributed by atoms with Crippen LogP contribution in [0.5, 0.6) is 0 Å². The summed E-state index contributed by atoms with van der Waals surface area (Å²) in [7, 11) is 0. The predicted octanol–water partition coefficient (Wildman–Crippen LogP) is -1.61. The third kappa shape index (κ3) is 1.27. The largest absolute Gasteiger partial charge is 0.388 e. The van der Waals surface area contributed by atoms with Gasteiger partial charge in [-0.2, -0.15) is 0 Å². The normalized spacial score (nSPS) is 49.2. The van der Waals surface area contributed by atoms with Gasteiger partial charge < -0.3 is 20.1 Å². The van der Waals surface area contributed by atoms with Crippen LogP contribution in [0.15, 0.2) is 0 Å². The molecule has 3 N–H and O–H groups in total. The lowest BCUT2D eigenvalue weighted by atomic mass is 10.1. The van der Waals surface area contributed by atoms with Gasteiger partial charge in [-0.15, -0.1) is 0 Å².